The van der Waals surface area contributed by atoms with Crippen LogP contribution in [0.15, 0.2) is 0 Å². The first-order chi connectivity index (χ1) is 5.52. The summed E-state index contributed by atoms with van der Waals surface area (Å²) < 4.78 is 4.77. The summed E-state index contributed by atoms with van der Waals surface area (Å²) in [6, 6.07) is -0.905. The van der Waals surface area contributed by atoms with Crippen molar-refractivity contribution >= 4 is 12.1 Å². The number of carboxylic acid groups (broad SMARTS) is 1. The zero-order valence-corrected chi connectivity index (χ0v) is 6.90. The third-order valence-electron chi connectivity index (χ3n) is 1.77. The molecule has 0 bridgehead atoms. The van der Waals surface area contributed by atoms with E-state index in [1.54, 1.807) is 13.8 Å². The van der Waals surface area contributed by atoms with Crippen LogP contribution in [0, 0.1) is 5.92 Å². The molecular formula is C7H11NO4. The van der Waals surface area contributed by atoms with Crippen LogP contribution in [0.5, 0.6) is 0 Å². The number of carbonyl (C=O) groups is 2. The number of hydrogen-bond acceptors (Lipinski definition) is 3. The van der Waals surface area contributed by atoms with E-state index in [4.69, 9.17) is 9.84 Å². The highest BCUT2D eigenvalue weighted by molar-refractivity contribution is 5.83. The van der Waals surface area contributed by atoms with E-state index in [0.717, 1.165) is 0 Å². The predicted octanol–water partition coefficient (Wildman–Crippen LogP) is 0.204. The number of nitrogens with one attached hydrogen (secondary N) is 1. The summed E-state index contributed by atoms with van der Waals surface area (Å²) in [6.45, 7) is 3.61. The van der Waals surface area contributed by atoms with Crippen molar-refractivity contribution in [1.82, 2.24) is 5.32 Å². The van der Waals surface area contributed by atoms with Crippen molar-refractivity contribution in [3.05, 3.63) is 0 Å². The molecule has 5 nitrogen and oxygen atoms in total. The zero-order chi connectivity index (χ0) is 9.30. The standard InChI is InChI=1S/C7H11NO4/c1-3(2)5-4(6(9)10)8-7(11)12-5/h3-5H,1-2H3,(H,8,11)(H,9,10). The summed E-state index contributed by atoms with van der Waals surface area (Å²) in [4.78, 5) is 21.2. The van der Waals surface area contributed by atoms with Gasteiger partial charge in [-0.05, 0) is 5.92 Å². The van der Waals surface area contributed by atoms with Crippen LogP contribution in [0.3, 0.4) is 0 Å². The maximum atomic E-state index is 10.7. The molecule has 1 aliphatic heterocycles. The molecule has 1 rings (SSSR count). The molecule has 0 spiro atoms. The van der Waals surface area contributed by atoms with Crippen molar-refractivity contribution < 1.29 is 19.4 Å². The smallest absolute Gasteiger partial charge is 0.408 e. The highest BCUT2D eigenvalue weighted by Crippen LogP contribution is 2.17. The SMILES string of the molecule is CC(C)C1OC(=O)NC1C(=O)O. The third kappa shape index (κ3) is 1.49. The Morgan fingerprint density at radius 2 is 2.25 bits per heavy atom. The molecule has 0 aromatic heterocycles. The van der Waals surface area contributed by atoms with Gasteiger partial charge < -0.3 is 15.2 Å². The summed E-state index contributed by atoms with van der Waals surface area (Å²) >= 11 is 0. The number of alkyl carbamates (subject to hydrolysis) is 1. The molecule has 1 amide bonds. The van der Waals surface area contributed by atoms with Crippen molar-refractivity contribution in [2.45, 2.75) is 26.0 Å². The van der Waals surface area contributed by atoms with E-state index < -0.39 is 24.2 Å². The minimum atomic E-state index is -1.06. The Bertz CT molecular complexity index is 213. The number of ether oxygens (including phenoxy) is 1. The van der Waals surface area contributed by atoms with Crippen LogP contribution >= 0.6 is 0 Å². The van der Waals surface area contributed by atoms with E-state index in [0.29, 0.717) is 0 Å². The molecule has 0 aromatic rings. The molecule has 5 heteroatoms. The predicted molar refractivity (Wildman–Crippen MR) is 39.7 cm³/mol. The minimum absolute atomic E-state index is 0.00468. The molecule has 2 N–H and O–H groups in total. The molecule has 1 fully saturated rings. The number of carbonyl (C=O) groups excluding carboxylic acids is 1. The van der Waals surface area contributed by atoms with Crippen LogP contribution in [-0.2, 0) is 9.53 Å². The van der Waals surface area contributed by atoms with Crippen molar-refractivity contribution in [2.24, 2.45) is 5.92 Å². The first-order valence-corrected chi connectivity index (χ1v) is 3.72. The van der Waals surface area contributed by atoms with Crippen molar-refractivity contribution in [2.75, 3.05) is 0 Å². The number of amides is 1. The lowest BCUT2D eigenvalue weighted by Gasteiger charge is -2.15. The van der Waals surface area contributed by atoms with Crippen LogP contribution in [0.2, 0.25) is 0 Å². The van der Waals surface area contributed by atoms with Crippen LogP contribution < -0.4 is 5.32 Å². The summed E-state index contributed by atoms with van der Waals surface area (Å²) in [5, 5.41) is 10.9. The third-order valence-corrected chi connectivity index (χ3v) is 1.77. The Balaban J connectivity index is 2.72. The Kier molecular flexibility index (Phi) is 2.21. The molecule has 12 heavy (non-hydrogen) atoms. The Labute approximate surface area is 69.7 Å². The summed E-state index contributed by atoms with van der Waals surface area (Å²) in [5.41, 5.74) is 0. The van der Waals surface area contributed by atoms with Gasteiger partial charge in [0.25, 0.3) is 0 Å². The number of hydrogen-bond donors (Lipinski definition) is 2. The fraction of sp³-hybridized carbons (Fsp3) is 0.714. The fourth-order valence-electron chi connectivity index (χ4n) is 1.16. The number of rotatable bonds is 2. The van der Waals surface area contributed by atoms with Crippen LogP contribution in [-0.4, -0.2) is 29.3 Å². The lowest BCUT2D eigenvalue weighted by Crippen LogP contribution is -2.41. The monoisotopic (exact) mass is 173 g/mol. The Morgan fingerprint density at radius 1 is 1.67 bits per heavy atom. The second kappa shape index (κ2) is 3.00. The van der Waals surface area contributed by atoms with Crippen LogP contribution in [0.1, 0.15) is 13.8 Å². The normalized spacial score (nSPS) is 28.4. The topological polar surface area (TPSA) is 75.6 Å². The second-order valence-corrected chi connectivity index (χ2v) is 3.07. The Hall–Kier alpha value is -1.26. The van der Waals surface area contributed by atoms with Crippen molar-refractivity contribution in [3.8, 4) is 0 Å². The molecule has 1 aliphatic rings. The van der Waals surface area contributed by atoms with Gasteiger partial charge in [-0.25, -0.2) is 9.59 Å². The van der Waals surface area contributed by atoms with Gasteiger partial charge in [0.05, 0.1) is 0 Å². The number of carboxylic acids is 1. The first kappa shape index (κ1) is 8.83. The molecule has 0 aromatic carbocycles. The fourth-order valence-corrected chi connectivity index (χ4v) is 1.16. The molecular weight excluding hydrogens is 162 g/mol. The van der Waals surface area contributed by atoms with Gasteiger partial charge in [0.2, 0.25) is 0 Å². The lowest BCUT2D eigenvalue weighted by atomic mass is 10.0. The van der Waals surface area contributed by atoms with Crippen molar-refractivity contribution in [1.29, 1.82) is 0 Å². The molecule has 1 heterocycles. The van der Waals surface area contributed by atoms with Gasteiger partial charge in [-0.1, -0.05) is 13.8 Å². The molecule has 1 saturated heterocycles. The van der Waals surface area contributed by atoms with E-state index in [1.807, 2.05) is 0 Å². The van der Waals surface area contributed by atoms with E-state index in [1.165, 1.54) is 0 Å². The van der Waals surface area contributed by atoms with Gasteiger partial charge in [-0.3, -0.25) is 0 Å². The van der Waals surface area contributed by atoms with Crippen LogP contribution in [0.4, 0.5) is 4.79 Å². The molecule has 0 radical (unpaired) electrons. The quantitative estimate of drug-likeness (QED) is 0.625. The largest absolute Gasteiger partial charge is 0.480 e. The Morgan fingerprint density at radius 3 is 2.58 bits per heavy atom. The summed E-state index contributed by atoms with van der Waals surface area (Å²) in [6.07, 6.45) is -1.21. The van der Waals surface area contributed by atoms with Gasteiger partial charge in [0.1, 0.15) is 6.10 Å². The molecule has 0 aliphatic carbocycles. The number of cyclic esters (lactones) is 1. The number of aliphatic carboxylic acids is 1. The highest BCUT2D eigenvalue weighted by atomic mass is 16.6. The summed E-state index contributed by atoms with van der Waals surface area (Å²) in [5.74, 6) is -1.05. The molecule has 0 saturated carbocycles. The highest BCUT2D eigenvalue weighted by Gasteiger charge is 2.40. The molecule has 68 valence electrons. The zero-order valence-electron chi connectivity index (χ0n) is 6.90. The van der Waals surface area contributed by atoms with E-state index in [2.05, 4.69) is 5.32 Å². The average molecular weight is 173 g/mol. The van der Waals surface area contributed by atoms with E-state index in [-0.39, 0.29) is 5.92 Å². The van der Waals surface area contributed by atoms with Gasteiger partial charge in [-0.2, -0.15) is 0 Å². The van der Waals surface area contributed by atoms with Crippen LogP contribution in [0.25, 0.3) is 0 Å². The van der Waals surface area contributed by atoms with Gasteiger partial charge >= 0.3 is 12.1 Å². The maximum absolute atomic E-state index is 10.7. The second-order valence-electron chi connectivity index (χ2n) is 3.07. The molecule has 2 atom stereocenters. The molecule has 2 unspecified atom stereocenters. The minimum Gasteiger partial charge on any atom is -0.480 e. The van der Waals surface area contributed by atoms with Gasteiger partial charge in [0.15, 0.2) is 6.04 Å². The van der Waals surface area contributed by atoms with E-state index >= 15 is 0 Å². The first-order valence-electron chi connectivity index (χ1n) is 3.72. The maximum Gasteiger partial charge on any atom is 0.408 e. The average Bonchev–Trinajstić information content (AvgIpc) is 2.31. The van der Waals surface area contributed by atoms with Gasteiger partial charge in [-0.15, -0.1) is 0 Å². The summed E-state index contributed by atoms with van der Waals surface area (Å²) in [7, 11) is 0. The lowest BCUT2D eigenvalue weighted by molar-refractivity contribution is -0.140. The van der Waals surface area contributed by atoms with Crippen molar-refractivity contribution in [3.63, 3.8) is 0 Å². The van der Waals surface area contributed by atoms with E-state index in [9.17, 15) is 9.59 Å². The van der Waals surface area contributed by atoms with Gasteiger partial charge in [0, 0.05) is 0 Å².